The number of nitrogens with one attached hydrogen (secondary N) is 1. The van der Waals surface area contributed by atoms with Gasteiger partial charge in [-0.2, -0.15) is 0 Å². The van der Waals surface area contributed by atoms with Gasteiger partial charge in [0, 0.05) is 12.5 Å². The number of carbonyl (C=O) groups excluding carboxylic acids is 1. The van der Waals surface area contributed by atoms with E-state index in [-0.39, 0.29) is 18.4 Å². The van der Waals surface area contributed by atoms with Crippen LogP contribution in [0.2, 0.25) is 0 Å². The van der Waals surface area contributed by atoms with Crippen LogP contribution < -0.4 is 5.32 Å². The number of amides is 1. The molecule has 3 heteroatoms. The van der Waals surface area contributed by atoms with Crippen LogP contribution in [0.25, 0.3) is 0 Å². The van der Waals surface area contributed by atoms with E-state index in [1.807, 2.05) is 0 Å². The molecule has 1 unspecified atom stereocenters. The molecule has 1 fully saturated rings. The van der Waals surface area contributed by atoms with Gasteiger partial charge in [-0.15, -0.1) is 0 Å². The second-order valence-corrected chi connectivity index (χ2v) is 6.80. The van der Waals surface area contributed by atoms with Gasteiger partial charge in [0.15, 0.2) is 0 Å². The highest BCUT2D eigenvalue weighted by Gasteiger charge is 2.35. The molecule has 0 bridgehead atoms. The molecule has 0 radical (unpaired) electrons. The molecule has 0 heterocycles. The van der Waals surface area contributed by atoms with Crippen LogP contribution in [0.3, 0.4) is 0 Å². The van der Waals surface area contributed by atoms with Crippen molar-refractivity contribution in [1.29, 1.82) is 0 Å². The molecule has 2 N–H and O–H groups in total. The second kappa shape index (κ2) is 8.94. The second-order valence-electron chi connectivity index (χ2n) is 6.80. The van der Waals surface area contributed by atoms with Gasteiger partial charge >= 0.3 is 0 Å². The average molecular weight is 305 g/mol. The van der Waals surface area contributed by atoms with Crippen LogP contribution >= 0.6 is 0 Å². The van der Waals surface area contributed by atoms with Gasteiger partial charge in [-0.05, 0) is 36.2 Å². The van der Waals surface area contributed by atoms with Gasteiger partial charge in [-0.3, -0.25) is 4.79 Å². The summed E-state index contributed by atoms with van der Waals surface area (Å²) in [4.78, 5) is 12.5. The lowest BCUT2D eigenvalue weighted by molar-refractivity contribution is -0.129. The van der Waals surface area contributed by atoms with Crippen molar-refractivity contribution in [3.05, 3.63) is 37.0 Å². The lowest BCUT2D eigenvalue weighted by Crippen LogP contribution is -2.42. The van der Waals surface area contributed by atoms with E-state index in [0.717, 1.165) is 12.8 Å². The molecule has 0 aliphatic heterocycles. The quantitative estimate of drug-likeness (QED) is 0.708. The average Bonchev–Trinajstić information content (AvgIpc) is 2.49. The Morgan fingerprint density at radius 1 is 1.36 bits per heavy atom. The molecule has 0 aromatic rings. The minimum atomic E-state index is -0.738. The Morgan fingerprint density at radius 2 is 2.05 bits per heavy atom. The Morgan fingerprint density at radius 3 is 2.59 bits per heavy atom. The van der Waals surface area contributed by atoms with Crippen LogP contribution in [-0.2, 0) is 4.79 Å². The summed E-state index contributed by atoms with van der Waals surface area (Å²) < 4.78 is 0. The molecule has 1 amide bonds. The van der Waals surface area contributed by atoms with Gasteiger partial charge in [-0.25, -0.2) is 0 Å². The van der Waals surface area contributed by atoms with Crippen LogP contribution in [0.4, 0.5) is 0 Å². The van der Waals surface area contributed by atoms with E-state index in [9.17, 15) is 9.90 Å². The smallest absolute Gasteiger partial charge is 0.223 e. The number of hydrogen-bond donors (Lipinski definition) is 2. The van der Waals surface area contributed by atoms with Crippen molar-refractivity contribution in [3.8, 4) is 0 Å². The maximum Gasteiger partial charge on any atom is 0.223 e. The molecule has 124 valence electrons. The van der Waals surface area contributed by atoms with Crippen LogP contribution in [-0.4, -0.2) is 23.7 Å². The SMILES string of the molecule is C=C/C=C(\C=C)C(O)CNC(=O)[C@@H]1C[C@H](C)CC[C@H]1C(C)C. The predicted octanol–water partition coefficient (Wildman–Crippen LogP) is 3.47. The van der Waals surface area contributed by atoms with E-state index in [1.54, 1.807) is 18.2 Å². The van der Waals surface area contributed by atoms with E-state index in [0.29, 0.717) is 23.3 Å². The van der Waals surface area contributed by atoms with Gasteiger partial charge in [0.2, 0.25) is 5.91 Å². The van der Waals surface area contributed by atoms with Crippen LogP contribution in [0.5, 0.6) is 0 Å². The first kappa shape index (κ1) is 18.7. The molecule has 1 saturated carbocycles. The van der Waals surface area contributed by atoms with E-state index < -0.39 is 6.10 Å². The molecule has 0 aromatic carbocycles. The maximum atomic E-state index is 12.5. The van der Waals surface area contributed by atoms with Crippen molar-refractivity contribution in [2.24, 2.45) is 23.7 Å². The summed E-state index contributed by atoms with van der Waals surface area (Å²) in [6.07, 6.45) is 7.45. The number of aliphatic hydroxyl groups excluding tert-OH is 1. The summed E-state index contributed by atoms with van der Waals surface area (Å²) in [7, 11) is 0. The fourth-order valence-electron chi connectivity index (χ4n) is 3.40. The molecule has 0 aromatic heterocycles. The molecule has 3 nitrogen and oxygen atoms in total. The van der Waals surface area contributed by atoms with E-state index in [4.69, 9.17) is 0 Å². The van der Waals surface area contributed by atoms with Gasteiger partial charge < -0.3 is 10.4 Å². The fourth-order valence-corrected chi connectivity index (χ4v) is 3.40. The number of rotatable bonds is 7. The van der Waals surface area contributed by atoms with Crippen LogP contribution in [0.1, 0.15) is 40.0 Å². The minimum absolute atomic E-state index is 0.0616. The molecule has 0 spiro atoms. The number of allylic oxidation sites excluding steroid dienone is 2. The number of aliphatic hydroxyl groups is 1. The first-order valence-electron chi connectivity index (χ1n) is 8.31. The molecule has 4 atom stereocenters. The van der Waals surface area contributed by atoms with Crippen LogP contribution in [0, 0.1) is 23.7 Å². The first-order chi connectivity index (χ1) is 10.4. The Hall–Kier alpha value is -1.35. The summed E-state index contributed by atoms with van der Waals surface area (Å²) in [5.74, 6) is 1.69. The third-order valence-corrected chi connectivity index (χ3v) is 4.76. The standard InChI is InChI=1S/C19H31NO2/c1-6-8-15(7-2)18(21)12-20-19(22)17-11-14(5)9-10-16(17)13(3)4/h6-8,13-14,16-18,21H,1-2,9-12H2,3-5H3,(H,20,22)/b15-8+/t14-,16+,17-,18?/m1/s1. The molecule has 0 saturated heterocycles. The zero-order valence-electron chi connectivity index (χ0n) is 14.2. The van der Waals surface area contributed by atoms with E-state index >= 15 is 0 Å². The highest BCUT2D eigenvalue weighted by atomic mass is 16.3. The molecular formula is C19H31NO2. The summed E-state index contributed by atoms with van der Waals surface area (Å²) in [5.41, 5.74) is 0.674. The van der Waals surface area contributed by atoms with Crippen molar-refractivity contribution in [1.82, 2.24) is 5.32 Å². The highest BCUT2D eigenvalue weighted by molar-refractivity contribution is 5.79. The van der Waals surface area contributed by atoms with Crippen molar-refractivity contribution >= 4 is 5.91 Å². The third-order valence-electron chi connectivity index (χ3n) is 4.76. The zero-order valence-corrected chi connectivity index (χ0v) is 14.2. The lowest BCUT2D eigenvalue weighted by atomic mass is 9.70. The molecular weight excluding hydrogens is 274 g/mol. The Labute approximate surface area is 135 Å². The van der Waals surface area contributed by atoms with Gasteiger partial charge in [0.05, 0.1) is 6.10 Å². The van der Waals surface area contributed by atoms with Gasteiger partial charge in [-0.1, -0.05) is 58.6 Å². The topological polar surface area (TPSA) is 49.3 Å². The molecule has 1 aliphatic rings. The third kappa shape index (κ3) is 5.13. The molecule has 1 rings (SSSR count). The molecule has 1 aliphatic carbocycles. The predicted molar refractivity (Wildman–Crippen MR) is 92.3 cm³/mol. The summed E-state index contributed by atoms with van der Waals surface area (Å²) in [6.45, 7) is 14.1. The lowest BCUT2D eigenvalue weighted by Gasteiger charge is -2.36. The van der Waals surface area contributed by atoms with Crippen molar-refractivity contribution < 1.29 is 9.90 Å². The van der Waals surface area contributed by atoms with E-state index in [1.165, 1.54) is 6.42 Å². The molecule has 22 heavy (non-hydrogen) atoms. The summed E-state index contributed by atoms with van der Waals surface area (Å²) in [6, 6.07) is 0. The van der Waals surface area contributed by atoms with Crippen molar-refractivity contribution in [3.63, 3.8) is 0 Å². The van der Waals surface area contributed by atoms with Gasteiger partial charge in [0.25, 0.3) is 0 Å². The summed E-state index contributed by atoms with van der Waals surface area (Å²) >= 11 is 0. The van der Waals surface area contributed by atoms with Crippen LogP contribution in [0.15, 0.2) is 37.0 Å². The Bertz CT molecular complexity index is 425. The maximum absolute atomic E-state index is 12.5. The zero-order chi connectivity index (χ0) is 16.7. The largest absolute Gasteiger partial charge is 0.387 e. The Balaban J connectivity index is 2.64. The minimum Gasteiger partial charge on any atom is -0.387 e. The summed E-state index contributed by atoms with van der Waals surface area (Å²) in [5, 5.41) is 13.0. The Kier molecular flexibility index (Phi) is 7.60. The normalized spacial score (nSPS) is 27.3. The van der Waals surface area contributed by atoms with Crippen molar-refractivity contribution in [2.75, 3.05) is 6.54 Å². The highest BCUT2D eigenvalue weighted by Crippen LogP contribution is 2.38. The van der Waals surface area contributed by atoms with Crippen molar-refractivity contribution in [2.45, 2.75) is 46.1 Å². The van der Waals surface area contributed by atoms with Gasteiger partial charge in [0.1, 0.15) is 0 Å². The number of carbonyl (C=O) groups is 1. The monoisotopic (exact) mass is 305 g/mol. The van der Waals surface area contributed by atoms with E-state index in [2.05, 4.69) is 39.2 Å². The first-order valence-corrected chi connectivity index (χ1v) is 8.31. The fraction of sp³-hybridized carbons (Fsp3) is 0.632. The number of hydrogen-bond acceptors (Lipinski definition) is 2.